The third-order valence-electron chi connectivity index (χ3n) is 3.23. The first-order valence-electron chi connectivity index (χ1n) is 6.16. The highest BCUT2D eigenvalue weighted by Gasteiger charge is 2.41. The average molecular weight is 242 g/mol. The molecule has 5 heteroatoms. The SMILES string of the molecule is CN1CCO[C@@H]2CN(C(=O)OC(C)(C)C)C[C@H]21. The van der Waals surface area contributed by atoms with Gasteiger partial charge in [0.05, 0.1) is 25.3 Å². The second-order valence-corrected chi connectivity index (χ2v) is 5.84. The summed E-state index contributed by atoms with van der Waals surface area (Å²) in [6.07, 6.45) is -0.0924. The lowest BCUT2D eigenvalue weighted by atomic mass is 10.1. The summed E-state index contributed by atoms with van der Waals surface area (Å²) in [6, 6.07) is 0.316. The summed E-state index contributed by atoms with van der Waals surface area (Å²) in [5.41, 5.74) is -0.433. The van der Waals surface area contributed by atoms with E-state index < -0.39 is 5.60 Å². The van der Waals surface area contributed by atoms with Crippen molar-refractivity contribution in [2.24, 2.45) is 0 Å². The molecule has 0 bridgehead atoms. The molecule has 2 aliphatic heterocycles. The Balaban J connectivity index is 1.95. The van der Waals surface area contributed by atoms with Crippen LogP contribution >= 0.6 is 0 Å². The summed E-state index contributed by atoms with van der Waals surface area (Å²) < 4.78 is 11.1. The minimum atomic E-state index is -0.433. The Morgan fingerprint density at radius 3 is 2.65 bits per heavy atom. The minimum Gasteiger partial charge on any atom is -0.444 e. The number of rotatable bonds is 0. The molecular weight excluding hydrogens is 220 g/mol. The van der Waals surface area contributed by atoms with Gasteiger partial charge in [0, 0.05) is 13.1 Å². The molecule has 0 radical (unpaired) electrons. The summed E-state index contributed by atoms with van der Waals surface area (Å²) in [5.74, 6) is 0. The van der Waals surface area contributed by atoms with E-state index >= 15 is 0 Å². The molecule has 2 atom stereocenters. The predicted octanol–water partition coefficient (Wildman–Crippen LogP) is 0.936. The van der Waals surface area contributed by atoms with E-state index in [2.05, 4.69) is 11.9 Å². The van der Waals surface area contributed by atoms with Crippen molar-refractivity contribution in [3.05, 3.63) is 0 Å². The summed E-state index contributed by atoms with van der Waals surface area (Å²) >= 11 is 0. The highest BCUT2D eigenvalue weighted by molar-refractivity contribution is 5.68. The molecule has 5 nitrogen and oxygen atoms in total. The summed E-state index contributed by atoms with van der Waals surface area (Å²) in [6.45, 7) is 8.69. The van der Waals surface area contributed by atoms with Gasteiger partial charge in [0.1, 0.15) is 5.60 Å². The van der Waals surface area contributed by atoms with Crippen LogP contribution in [0, 0.1) is 0 Å². The van der Waals surface area contributed by atoms with E-state index in [9.17, 15) is 4.79 Å². The van der Waals surface area contributed by atoms with E-state index in [-0.39, 0.29) is 12.2 Å². The topological polar surface area (TPSA) is 42.0 Å². The molecule has 0 aromatic heterocycles. The Morgan fingerprint density at radius 2 is 2.06 bits per heavy atom. The van der Waals surface area contributed by atoms with Gasteiger partial charge in [-0.05, 0) is 27.8 Å². The highest BCUT2D eigenvalue weighted by atomic mass is 16.6. The third-order valence-corrected chi connectivity index (χ3v) is 3.23. The number of likely N-dealkylation sites (tertiary alicyclic amines) is 1. The number of hydrogen-bond acceptors (Lipinski definition) is 4. The summed E-state index contributed by atoms with van der Waals surface area (Å²) in [5, 5.41) is 0. The van der Waals surface area contributed by atoms with Crippen LogP contribution in [0.25, 0.3) is 0 Å². The van der Waals surface area contributed by atoms with Crippen molar-refractivity contribution in [3.63, 3.8) is 0 Å². The van der Waals surface area contributed by atoms with E-state index in [1.807, 2.05) is 20.8 Å². The third kappa shape index (κ3) is 2.90. The number of ether oxygens (including phenoxy) is 2. The zero-order valence-electron chi connectivity index (χ0n) is 11.1. The number of carbonyl (C=O) groups excluding carboxylic acids is 1. The Kier molecular flexibility index (Phi) is 3.32. The van der Waals surface area contributed by atoms with Gasteiger partial charge < -0.3 is 14.4 Å². The van der Waals surface area contributed by atoms with E-state index in [0.29, 0.717) is 19.1 Å². The van der Waals surface area contributed by atoms with Crippen LogP contribution in [-0.4, -0.2) is 66.9 Å². The molecule has 2 heterocycles. The van der Waals surface area contributed by atoms with Crippen LogP contribution in [0.2, 0.25) is 0 Å². The molecule has 98 valence electrons. The summed E-state index contributed by atoms with van der Waals surface area (Å²) in [7, 11) is 2.08. The van der Waals surface area contributed by atoms with Crippen LogP contribution in [0.5, 0.6) is 0 Å². The average Bonchev–Trinajstić information content (AvgIpc) is 2.60. The molecule has 0 N–H and O–H groups in total. The normalized spacial score (nSPS) is 30.2. The Bertz CT molecular complexity index is 301. The second kappa shape index (κ2) is 4.46. The zero-order chi connectivity index (χ0) is 12.6. The number of nitrogens with zero attached hydrogens (tertiary/aromatic N) is 2. The lowest BCUT2D eigenvalue weighted by molar-refractivity contribution is -0.0372. The first-order chi connectivity index (χ1) is 7.87. The van der Waals surface area contributed by atoms with Crippen LogP contribution in [0.15, 0.2) is 0 Å². The van der Waals surface area contributed by atoms with Gasteiger partial charge >= 0.3 is 6.09 Å². The first kappa shape index (κ1) is 12.6. The minimum absolute atomic E-state index is 0.140. The maximum absolute atomic E-state index is 11.9. The number of carbonyl (C=O) groups is 1. The van der Waals surface area contributed by atoms with Crippen LogP contribution in [0.4, 0.5) is 4.79 Å². The standard InChI is InChI=1S/C12H22N2O3/c1-12(2,3)17-11(15)14-7-9-10(8-14)16-6-5-13(9)4/h9-10H,5-8H2,1-4H3/t9-,10-/m1/s1. The number of fused-ring (bicyclic) bond motifs is 1. The van der Waals surface area contributed by atoms with Gasteiger partial charge in [-0.2, -0.15) is 0 Å². The summed E-state index contributed by atoms with van der Waals surface area (Å²) in [4.78, 5) is 16.0. The van der Waals surface area contributed by atoms with Gasteiger partial charge in [-0.25, -0.2) is 4.79 Å². The largest absolute Gasteiger partial charge is 0.444 e. The van der Waals surface area contributed by atoms with E-state index in [0.717, 1.165) is 13.2 Å². The van der Waals surface area contributed by atoms with Crippen molar-refractivity contribution in [2.75, 3.05) is 33.3 Å². The smallest absolute Gasteiger partial charge is 0.410 e. The fourth-order valence-electron chi connectivity index (χ4n) is 2.33. The van der Waals surface area contributed by atoms with Crippen LogP contribution in [-0.2, 0) is 9.47 Å². The van der Waals surface area contributed by atoms with E-state index in [4.69, 9.17) is 9.47 Å². The van der Waals surface area contributed by atoms with Crippen LogP contribution in [0.1, 0.15) is 20.8 Å². The van der Waals surface area contributed by atoms with Crippen molar-refractivity contribution in [3.8, 4) is 0 Å². The fraction of sp³-hybridized carbons (Fsp3) is 0.917. The molecule has 0 spiro atoms. The lowest BCUT2D eigenvalue weighted by Gasteiger charge is -2.33. The van der Waals surface area contributed by atoms with Crippen LogP contribution in [0.3, 0.4) is 0 Å². The lowest BCUT2D eigenvalue weighted by Crippen LogP contribution is -2.48. The van der Waals surface area contributed by atoms with Crippen molar-refractivity contribution in [2.45, 2.75) is 38.5 Å². The molecule has 2 aliphatic rings. The van der Waals surface area contributed by atoms with Gasteiger partial charge in [-0.15, -0.1) is 0 Å². The van der Waals surface area contributed by atoms with Gasteiger partial charge in [0.15, 0.2) is 0 Å². The monoisotopic (exact) mass is 242 g/mol. The van der Waals surface area contributed by atoms with E-state index in [1.54, 1.807) is 4.90 Å². The number of amides is 1. The molecule has 0 saturated carbocycles. The van der Waals surface area contributed by atoms with E-state index in [1.165, 1.54) is 0 Å². The van der Waals surface area contributed by atoms with Gasteiger partial charge in [0.2, 0.25) is 0 Å². The predicted molar refractivity (Wildman–Crippen MR) is 64.0 cm³/mol. The molecule has 2 saturated heterocycles. The Labute approximate surface area is 103 Å². The molecule has 0 aromatic carbocycles. The first-order valence-corrected chi connectivity index (χ1v) is 6.16. The van der Waals surface area contributed by atoms with Crippen LogP contribution < -0.4 is 0 Å². The Hall–Kier alpha value is -0.810. The Morgan fingerprint density at radius 1 is 1.35 bits per heavy atom. The molecule has 0 aromatic rings. The quantitative estimate of drug-likeness (QED) is 0.634. The van der Waals surface area contributed by atoms with Gasteiger partial charge in [-0.3, -0.25) is 4.90 Å². The second-order valence-electron chi connectivity index (χ2n) is 5.84. The highest BCUT2D eigenvalue weighted by Crippen LogP contribution is 2.23. The zero-order valence-corrected chi connectivity index (χ0v) is 11.1. The molecule has 2 fully saturated rings. The maximum Gasteiger partial charge on any atom is 0.410 e. The molecule has 0 aliphatic carbocycles. The number of morpholine rings is 1. The molecule has 0 unspecified atom stereocenters. The fourth-order valence-corrected chi connectivity index (χ4v) is 2.33. The maximum atomic E-state index is 11.9. The molecule has 2 rings (SSSR count). The van der Waals surface area contributed by atoms with Crippen molar-refractivity contribution < 1.29 is 14.3 Å². The molecular formula is C12H22N2O3. The number of likely N-dealkylation sites (N-methyl/N-ethyl adjacent to an activating group) is 1. The van der Waals surface area contributed by atoms with Crippen molar-refractivity contribution >= 4 is 6.09 Å². The molecule has 17 heavy (non-hydrogen) atoms. The van der Waals surface area contributed by atoms with Gasteiger partial charge in [-0.1, -0.05) is 0 Å². The number of hydrogen-bond donors (Lipinski definition) is 0. The van der Waals surface area contributed by atoms with Crippen molar-refractivity contribution in [1.29, 1.82) is 0 Å². The molecule has 1 amide bonds. The van der Waals surface area contributed by atoms with Gasteiger partial charge in [0.25, 0.3) is 0 Å². The van der Waals surface area contributed by atoms with Crippen molar-refractivity contribution in [1.82, 2.24) is 9.80 Å².